The van der Waals surface area contributed by atoms with Crippen LogP contribution < -0.4 is 5.32 Å². The fraction of sp³-hybridized carbons (Fsp3) is 0.360. The lowest BCUT2D eigenvalue weighted by Gasteiger charge is -2.29. The summed E-state index contributed by atoms with van der Waals surface area (Å²) in [5.74, 6) is 0.734. The van der Waals surface area contributed by atoms with Crippen LogP contribution in [0.5, 0.6) is 0 Å². The van der Waals surface area contributed by atoms with Gasteiger partial charge in [-0.05, 0) is 36.5 Å². The van der Waals surface area contributed by atoms with Crippen molar-refractivity contribution in [2.24, 2.45) is 5.92 Å². The minimum atomic E-state index is -0.194. The molecule has 1 heterocycles. The van der Waals surface area contributed by atoms with E-state index in [9.17, 15) is 4.79 Å². The maximum absolute atomic E-state index is 12.3. The molecule has 2 aromatic carbocycles. The maximum atomic E-state index is 12.3. The van der Waals surface area contributed by atoms with Gasteiger partial charge in [0.25, 0.3) is 5.91 Å². The summed E-state index contributed by atoms with van der Waals surface area (Å²) in [7, 11) is 0. The summed E-state index contributed by atoms with van der Waals surface area (Å²) in [6.45, 7) is 10.3. The minimum absolute atomic E-state index is 0.163. The highest BCUT2D eigenvalue weighted by atomic mass is 16.3. The average molecular weight is 406 g/mol. The molecule has 5 nitrogen and oxygen atoms in total. The third-order valence-electron chi connectivity index (χ3n) is 5.26. The van der Waals surface area contributed by atoms with Crippen molar-refractivity contribution in [3.05, 3.63) is 89.1 Å². The Hall–Kier alpha value is -2.92. The Bertz CT molecular complexity index is 950. The number of hydrogen-bond donors (Lipinski definition) is 1. The first-order valence-corrected chi connectivity index (χ1v) is 10.5. The van der Waals surface area contributed by atoms with Crippen LogP contribution in [0.25, 0.3) is 0 Å². The second kappa shape index (κ2) is 10.2. The molecule has 0 saturated carbocycles. The Labute approximate surface area is 179 Å². The fourth-order valence-electron chi connectivity index (χ4n) is 3.33. The molecular weight excluding hydrogens is 374 g/mol. The predicted molar refractivity (Wildman–Crippen MR) is 119 cm³/mol. The zero-order valence-corrected chi connectivity index (χ0v) is 18.3. The Morgan fingerprint density at radius 1 is 1.03 bits per heavy atom. The first kappa shape index (κ1) is 21.8. The quantitative estimate of drug-likeness (QED) is 0.536. The molecule has 0 radical (unpaired) electrons. The van der Waals surface area contributed by atoms with E-state index in [-0.39, 0.29) is 11.9 Å². The molecule has 3 aromatic rings. The minimum Gasteiger partial charge on any atom is -0.447 e. The first-order valence-electron chi connectivity index (χ1n) is 10.5. The molecule has 1 aromatic heterocycles. The molecule has 1 N–H and O–H groups in total. The smallest absolute Gasteiger partial charge is 0.273 e. The van der Waals surface area contributed by atoms with Crippen molar-refractivity contribution in [3.8, 4) is 0 Å². The monoisotopic (exact) mass is 405 g/mol. The SMILES string of the molecule is Cc1ccccc1CN(Cc1nc(C(=O)NCC(C)C)co1)C(C)c1ccccc1. The molecule has 158 valence electrons. The largest absolute Gasteiger partial charge is 0.447 e. The third kappa shape index (κ3) is 5.80. The lowest BCUT2D eigenvalue weighted by Crippen LogP contribution is -2.28. The number of aromatic nitrogens is 1. The van der Waals surface area contributed by atoms with Gasteiger partial charge in [-0.25, -0.2) is 4.98 Å². The van der Waals surface area contributed by atoms with Gasteiger partial charge in [0.2, 0.25) is 5.89 Å². The van der Waals surface area contributed by atoms with Gasteiger partial charge in [0.05, 0.1) is 6.54 Å². The van der Waals surface area contributed by atoms with Crippen LogP contribution in [0.4, 0.5) is 0 Å². The van der Waals surface area contributed by atoms with E-state index in [4.69, 9.17) is 4.42 Å². The highest BCUT2D eigenvalue weighted by Gasteiger charge is 2.21. The van der Waals surface area contributed by atoms with Gasteiger partial charge < -0.3 is 9.73 Å². The van der Waals surface area contributed by atoms with Crippen LogP contribution in [0.3, 0.4) is 0 Å². The van der Waals surface area contributed by atoms with Crippen molar-refractivity contribution < 1.29 is 9.21 Å². The topological polar surface area (TPSA) is 58.4 Å². The van der Waals surface area contributed by atoms with Crippen LogP contribution in [0.1, 0.15) is 59.9 Å². The Kier molecular flexibility index (Phi) is 7.41. The maximum Gasteiger partial charge on any atom is 0.273 e. The molecule has 0 fully saturated rings. The molecule has 5 heteroatoms. The standard InChI is InChI=1S/C25H31N3O2/c1-18(2)14-26-25(29)23-17-30-24(27-23)16-28(15-22-13-9-8-10-19(22)3)20(4)21-11-6-5-7-12-21/h5-13,17-18,20H,14-16H2,1-4H3,(H,26,29). The van der Waals surface area contributed by atoms with Gasteiger partial charge >= 0.3 is 0 Å². The molecule has 0 aliphatic carbocycles. The van der Waals surface area contributed by atoms with E-state index in [1.165, 1.54) is 23.0 Å². The van der Waals surface area contributed by atoms with Gasteiger partial charge in [0, 0.05) is 19.1 Å². The van der Waals surface area contributed by atoms with Crippen LogP contribution in [-0.4, -0.2) is 22.3 Å². The summed E-state index contributed by atoms with van der Waals surface area (Å²) in [6.07, 6.45) is 1.45. The number of nitrogens with zero attached hydrogens (tertiary/aromatic N) is 2. The van der Waals surface area contributed by atoms with E-state index in [0.717, 1.165) is 6.54 Å². The molecule has 1 atom stereocenters. The second-order valence-corrected chi connectivity index (χ2v) is 8.15. The highest BCUT2D eigenvalue weighted by molar-refractivity contribution is 5.91. The van der Waals surface area contributed by atoms with Crippen LogP contribution in [0.15, 0.2) is 65.3 Å². The number of hydrogen-bond acceptors (Lipinski definition) is 4. The fourth-order valence-corrected chi connectivity index (χ4v) is 3.33. The van der Waals surface area contributed by atoms with Gasteiger partial charge in [0.1, 0.15) is 6.26 Å². The molecule has 1 unspecified atom stereocenters. The first-order chi connectivity index (χ1) is 14.4. The zero-order chi connectivity index (χ0) is 21.5. The molecule has 0 aliphatic heterocycles. The van der Waals surface area contributed by atoms with Gasteiger partial charge in [-0.2, -0.15) is 0 Å². The van der Waals surface area contributed by atoms with E-state index in [0.29, 0.717) is 30.6 Å². The third-order valence-corrected chi connectivity index (χ3v) is 5.26. The van der Waals surface area contributed by atoms with E-state index in [1.807, 2.05) is 6.07 Å². The van der Waals surface area contributed by atoms with E-state index >= 15 is 0 Å². The number of amides is 1. The number of aryl methyl sites for hydroxylation is 1. The highest BCUT2D eigenvalue weighted by Crippen LogP contribution is 2.25. The Morgan fingerprint density at radius 3 is 2.43 bits per heavy atom. The van der Waals surface area contributed by atoms with Crippen LogP contribution >= 0.6 is 0 Å². The van der Waals surface area contributed by atoms with Crippen LogP contribution in [0, 0.1) is 12.8 Å². The molecule has 0 spiro atoms. The number of nitrogens with one attached hydrogen (secondary N) is 1. The second-order valence-electron chi connectivity index (χ2n) is 8.15. The molecule has 0 bridgehead atoms. The van der Waals surface area contributed by atoms with E-state index in [2.05, 4.69) is 91.4 Å². The van der Waals surface area contributed by atoms with Crippen molar-refractivity contribution in [2.45, 2.75) is 46.8 Å². The van der Waals surface area contributed by atoms with Crippen molar-refractivity contribution >= 4 is 5.91 Å². The molecule has 3 rings (SSSR count). The van der Waals surface area contributed by atoms with Gasteiger partial charge in [0.15, 0.2) is 5.69 Å². The number of oxazole rings is 1. The Balaban J connectivity index is 1.79. The number of rotatable bonds is 9. The molecule has 0 saturated heterocycles. The number of carbonyl (C=O) groups is 1. The average Bonchev–Trinajstić information content (AvgIpc) is 3.22. The van der Waals surface area contributed by atoms with Crippen molar-refractivity contribution in [2.75, 3.05) is 6.54 Å². The number of benzene rings is 2. The van der Waals surface area contributed by atoms with Crippen LogP contribution in [0.2, 0.25) is 0 Å². The van der Waals surface area contributed by atoms with Crippen molar-refractivity contribution in [1.82, 2.24) is 15.2 Å². The summed E-state index contributed by atoms with van der Waals surface area (Å²) < 4.78 is 5.66. The van der Waals surface area contributed by atoms with Gasteiger partial charge in [-0.1, -0.05) is 68.4 Å². The van der Waals surface area contributed by atoms with Crippen molar-refractivity contribution in [1.29, 1.82) is 0 Å². The molecular formula is C25H31N3O2. The van der Waals surface area contributed by atoms with Crippen LogP contribution in [-0.2, 0) is 13.1 Å². The summed E-state index contributed by atoms with van der Waals surface area (Å²) in [4.78, 5) is 19.1. The Morgan fingerprint density at radius 2 is 1.73 bits per heavy atom. The molecule has 0 aliphatic rings. The normalized spacial score (nSPS) is 12.3. The summed E-state index contributed by atoms with van der Waals surface area (Å²) >= 11 is 0. The van der Waals surface area contributed by atoms with Gasteiger partial charge in [-0.3, -0.25) is 9.69 Å². The van der Waals surface area contributed by atoms with E-state index < -0.39 is 0 Å². The summed E-state index contributed by atoms with van der Waals surface area (Å²) in [6, 6.07) is 19.0. The summed E-state index contributed by atoms with van der Waals surface area (Å²) in [5, 5.41) is 2.89. The molecule has 30 heavy (non-hydrogen) atoms. The lowest BCUT2D eigenvalue weighted by atomic mass is 10.0. The lowest BCUT2D eigenvalue weighted by molar-refractivity contribution is 0.0944. The molecule has 1 amide bonds. The zero-order valence-electron chi connectivity index (χ0n) is 18.3. The number of carbonyl (C=O) groups excluding carboxylic acids is 1. The predicted octanol–water partition coefficient (Wildman–Crippen LogP) is 5.13. The van der Waals surface area contributed by atoms with Gasteiger partial charge in [-0.15, -0.1) is 0 Å². The van der Waals surface area contributed by atoms with E-state index in [1.54, 1.807) is 0 Å². The van der Waals surface area contributed by atoms with Crippen molar-refractivity contribution in [3.63, 3.8) is 0 Å². The summed E-state index contributed by atoms with van der Waals surface area (Å²) in [5.41, 5.74) is 4.08.